The highest BCUT2D eigenvalue weighted by molar-refractivity contribution is 7.78. The van der Waals surface area contributed by atoms with Crippen LogP contribution in [0.15, 0.2) is 0 Å². The lowest BCUT2D eigenvalue weighted by Gasteiger charge is -1.79. The first-order chi connectivity index (χ1) is 4.52. The Morgan fingerprint density at radius 3 is 1.40 bits per heavy atom. The molecular weight excluding hydrogens is 177 g/mol. The lowest BCUT2D eigenvalue weighted by Crippen LogP contribution is -1.72. The van der Waals surface area contributed by atoms with Crippen LogP contribution < -0.4 is 0 Å². The van der Waals surface area contributed by atoms with Crippen molar-refractivity contribution in [3.05, 3.63) is 0 Å². The van der Waals surface area contributed by atoms with Crippen molar-refractivity contribution in [3.63, 3.8) is 0 Å². The second kappa shape index (κ2) is 5.20. The Hall–Kier alpha value is 0.510. The summed E-state index contributed by atoms with van der Waals surface area (Å²) in [6, 6.07) is 0. The van der Waals surface area contributed by atoms with Crippen LogP contribution >= 0.6 is 22.6 Å². The molecule has 0 spiro atoms. The van der Waals surface area contributed by atoms with E-state index in [1.165, 1.54) is 11.8 Å². The molecular formula is C7H16P3+3. The summed E-state index contributed by atoms with van der Waals surface area (Å²) >= 11 is 0. The average Bonchev–Trinajstić information content (AvgIpc) is 1.58. The highest BCUT2D eigenvalue weighted by Crippen LogP contribution is 2.38. The molecule has 0 aliphatic heterocycles. The first-order valence-electron chi connectivity index (χ1n) is 3.11. The summed E-state index contributed by atoms with van der Waals surface area (Å²) in [6.07, 6.45) is 12.2. The average molecular weight is 193 g/mol. The van der Waals surface area contributed by atoms with E-state index in [-0.39, 0.29) is 22.6 Å². The van der Waals surface area contributed by atoms with E-state index in [4.69, 9.17) is 0 Å². The Labute approximate surface area is 67.2 Å². The minimum absolute atomic E-state index is 0.0231. The van der Waals surface area contributed by atoms with Gasteiger partial charge in [-0.15, -0.1) is 0 Å². The SMILES string of the molecule is C=[P+](C)C[P+](=C)C[P+](=C)C. The molecule has 0 bridgehead atoms. The summed E-state index contributed by atoms with van der Waals surface area (Å²) < 4.78 is 0. The summed E-state index contributed by atoms with van der Waals surface area (Å²) in [5.41, 5.74) is 0. The second-order valence-electron chi connectivity index (χ2n) is 2.67. The predicted octanol–water partition coefficient (Wildman–Crippen LogP) is 2.90. The largest absolute Gasteiger partial charge is 0.255 e. The molecule has 2 unspecified atom stereocenters. The maximum atomic E-state index is 4.14. The molecule has 0 heterocycles. The normalized spacial score (nSPS) is 14.4. The van der Waals surface area contributed by atoms with Crippen molar-refractivity contribution < 1.29 is 0 Å². The quantitative estimate of drug-likeness (QED) is 0.602. The third-order valence-corrected chi connectivity index (χ3v) is 7.95. The minimum atomic E-state index is 0.0231. The van der Waals surface area contributed by atoms with E-state index < -0.39 is 0 Å². The molecule has 0 aliphatic carbocycles. The monoisotopic (exact) mass is 193 g/mol. The topological polar surface area (TPSA) is 0 Å². The molecule has 0 fully saturated rings. The molecule has 0 saturated heterocycles. The van der Waals surface area contributed by atoms with Crippen molar-refractivity contribution in [2.45, 2.75) is 0 Å². The Kier molecular flexibility index (Phi) is 5.46. The van der Waals surface area contributed by atoms with Gasteiger partial charge in [0.25, 0.3) is 11.8 Å². The third kappa shape index (κ3) is 6.63. The molecule has 0 radical (unpaired) electrons. The van der Waals surface area contributed by atoms with Gasteiger partial charge in [0, 0.05) is 0 Å². The summed E-state index contributed by atoms with van der Waals surface area (Å²) in [6.45, 7) is 4.44. The summed E-state index contributed by atoms with van der Waals surface area (Å²) in [5, 5.41) is 0. The zero-order valence-electron chi connectivity index (χ0n) is 6.88. The van der Waals surface area contributed by atoms with Crippen LogP contribution in [0.2, 0.25) is 0 Å². The first-order valence-corrected chi connectivity index (χ1v) is 9.32. The van der Waals surface area contributed by atoms with E-state index in [9.17, 15) is 0 Å². The smallest absolute Gasteiger partial charge is 0.0761 e. The molecule has 0 aliphatic rings. The fourth-order valence-electron chi connectivity index (χ4n) is 0.728. The second-order valence-corrected chi connectivity index (χ2v) is 9.69. The standard InChI is InChI=1S/C7H16P3/c1-8(2)6-10(5)7-9(3)4/h1,3,5-7H2,2,4H3/q+3. The summed E-state index contributed by atoms with van der Waals surface area (Å²) in [4.78, 5) is 0. The molecule has 3 heteroatoms. The van der Waals surface area contributed by atoms with E-state index in [2.05, 4.69) is 32.2 Å². The molecule has 0 N–H and O–H groups in total. The lowest BCUT2D eigenvalue weighted by atomic mass is 11.8. The molecule has 0 rings (SSSR count). The molecule has 0 nitrogen and oxygen atoms in total. The molecule has 0 saturated carbocycles. The zero-order chi connectivity index (χ0) is 8.15. The van der Waals surface area contributed by atoms with E-state index >= 15 is 0 Å². The molecule has 0 aromatic rings. The molecule has 0 amide bonds. The lowest BCUT2D eigenvalue weighted by molar-refractivity contribution is 2.03. The summed E-state index contributed by atoms with van der Waals surface area (Å²) in [7, 11) is 0.0800. The van der Waals surface area contributed by atoms with E-state index in [1.54, 1.807) is 0 Å². The van der Waals surface area contributed by atoms with Gasteiger partial charge in [-0.25, -0.2) is 0 Å². The van der Waals surface area contributed by atoms with Crippen LogP contribution in [0.3, 0.4) is 0 Å². The fourth-order valence-corrected chi connectivity index (χ4v) is 7.35. The number of hydrogen-bond acceptors (Lipinski definition) is 0. The van der Waals surface area contributed by atoms with Crippen molar-refractivity contribution in [2.75, 3.05) is 25.1 Å². The molecule has 2 atom stereocenters. The van der Waals surface area contributed by atoms with E-state index in [0.29, 0.717) is 0 Å². The van der Waals surface area contributed by atoms with E-state index in [1.807, 2.05) is 0 Å². The van der Waals surface area contributed by atoms with Crippen molar-refractivity contribution in [3.8, 4) is 0 Å². The minimum Gasteiger partial charge on any atom is 0.0761 e. The molecule has 0 aromatic carbocycles. The van der Waals surface area contributed by atoms with Crippen molar-refractivity contribution in [2.24, 2.45) is 0 Å². The van der Waals surface area contributed by atoms with Crippen LogP contribution in [0.1, 0.15) is 0 Å². The van der Waals surface area contributed by atoms with Crippen LogP contribution in [-0.2, 0) is 0 Å². The van der Waals surface area contributed by atoms with Gasteiger partial charge in [-0.2, -0.15) is 0 Å². The van der Waals surface area contributed by atoms with Gasteiger partial charge >= 0.3 is 0 Å². The highest BCUT2D eigenvalue weighted by atomic mass is 31.2. The fraction of sp³-hybridized carbons (Fsp3) is 0.571. The van der Waals surface area contributed by atoms with Crippen LogP contribution in [0.5, 0.6) is 0 Å². The molecule has 0 aromatic heterocycles. The Morgan fingerprint density at radius 2 is 1.20 bits per heavy atom. The van der Waals surface area contributed by atoms with Crippen molar-refractivity contribution in [1.82, 2.24) is 0 Å². The van der Waals surface area contributed by atoms with Crippen molar-refractivity contribution in [1.29, 1.82) is 0 Å². The number of hydrogen-bond donors (Lipinski definition) is 0. The Morgan fingerprint density at radius 1 is 0.900 bits per heavy atom. The van der Waals surface area contributed by atoms with Crippen LogP contribution in [-0.4, -0.2) is 44.0 Å². The van der Waals surface area contributed by atoms with Gasteiger partial charge in [-0.3, -0.25) is 0 Å². The van der Waals surface area contributed by atoms with Crippen LogP contribution in [0.4, 0.5) is 0 Å². The molecule has 56 valence electrons. The Balaban J connectivity index is 3.65. The van der Waals surface area contributed by atoms with Gasteiger partial charge in [-0.05, 0) is 0 Å². The molecule has 10 heavy (non-hydrogen) atoms. The van der Waals surface area contributed by atoms with Gasteiger partial charge in [0.2, 0.25) is 0 Å². The summed E-state index contributed by atoms with van der Waals surface area (Å²) in [5.74, 6) is 2.54. The number of rotatable bonds is 4. The first kappa shape index (κ1) is 10.5. The van der Waals surface area contributed by atoms with E-state index in [0.717, 1.165) is 0 Å². The van der Waals surface area contributed by atoms with Gasteiger partial charge in [0.05, 0.1) is 32.2 Å². The zero-order valence-corrected chi connectivity index (χ0v) is 9.56. The highest BCUT2D eigenvalue weighted by Gasteiger charge is 2.17. The third-order valence-electron chi connectivity index (χ3n) is 0.883. The van der Waals surface area contributed by atoms with Gasteiger partial charge in [0.15, 0.2) is 7.55 Å². The maximum absolute atomic E-state index is 4.14. The maximum Gasteiger partial charge on any atom is 0.255 e. The van der Waals surface area contributed by atoms with Crippen LogP contribution in [0.25, 0.3) is 0 Å². The van der Waals surface area contributed by atoms with Gasteiger partial charge in [0.1, 0.15) is 15.1 Å². The van der Waals surface area contributed by atoms with Crippen molar-refractivity contribution >= 4 is 41.5 Å². The Bertz CT molecular complexity index is 152. The van der Waals surface area contributed by atoms with Crippen LogP contribution in [0, 0.1) is 0 Å². The van der Waals surface area contributed by atoms with Gasteiger partial charge < -0.3 is 0 Å². The predicted molar refractivity (Wildman–Crippen MR) is 63.7 cm³/mol. The van der Waals surface area contributed by atoms with Gasteiger partial charge in [-0.1, -0.05) is 0 Å².